The quantitative estimate of drug-likeness (QED) is 0.808. The number of urea groups is 1. The minimum Gasteiger partial charge on any atom is -0.496 e. The van der Waals surface area contributed by atoms with Gasteiger partial charge in [-0.2, -0.15) is 0 Å². The highest BCUT2D eigenvalue weighted by molar-refractivity contribution is 5.95. The molecule has 1 heterocycles. The van der Waals surface area contributed by atoms with Crippen molar-refractivity contribution in [1.82, 2.24) is 10.6 Å². The summed E-state index contributed by atoms with van der Waals surface area (Å²) in [6.07, 6.45) is 3.85. The van der Waals surface area contributed by atoms with E-state index in [-0.39, 0.29) is 18.1 Å². The predicted molar refractivity (Wildman–Crippen MR) is 97.6 cm³/mol. The number of allylic oxidation sites excluding steroid dienone is 1. The summed E-state index contributed by atoms with van der Waals surface area (Å²) in [6, 6.07) is 6.41. The van der Waals surface area contributed by atoms with Crippen molar-refractivity contribution in [3.05, 3.63) is 41.1 Å². The summed E-state index contributed by atoms with van der Waals surface area (Å²) in [4.78, 5) is 24.9. The zero-order valence-corrected chi connectivity index (χ0v) is 15.5. The van der Waals surface area contributed by atoms with Gasteiger partial charge >= 0.3 is 12.0 Å². The SMILES string of the molecule is COc1ccccc1[C@H]1NC(=O)NC(C)=C1C(=O)OC1CCC(C)CC1. The first-order valence-electron chi connectivity index (χ1n) is 9.11. The fourth-order valence-corrected chi connectivity index (χ4v) is 3.66. The van der Waals surface area contributed by atoms with E-state index in [1.165, 1.54) is 0 Å². The number of ether oxygens (including phenoxy) is 2. The number of carbonyl (C=O) groups excluding carboxylic acids is 2. The first-order valence-corrected chi connectivity index (χ1v) is 9.11. The third-order valence-electron chi connectivity index (χ3n) is 5.18. The van der Waals surface area contributed by atoms with Gasteiger partial charge in [-0.25, -0.2) is 9.59 Å². The Balaban J connectivity index is 1.87. The molecule has 6 heteroatoms. The van der Waals surface area contributed by atoms with Crippen molar-refractivity contribution in [1.29, 1.82) is 0 Å². The van der Waals surface area contributed by atoms with Crippen molar-refractivity contribution >= 4 is 12.0 Å². The number of hydrogen-bond acceptors (Lipinski definition) is 4. The number of hydrogen-bond donors (Lipinski definition) is 2. The number of benzene rings is 1. The van der Waals surface area contributed by atoms with Crippen molar-refractivity contribution in [2.24, 2.45) is 5.92 Å². The van der Waals surface area contributed by atoms with Crippen LogP contribution in [0.25, 0.3) is 0 Å². The summed E-state index contributed by atoms with van der Waals surface area (Å²) in [5.41, 5.74) is 1.67. The normalized spacial score (nSPS) is 26.0. The lowest BCUT2D eigenvalue weighted by Gasteiger charge is -2.31. The fraction of sp³-hybridized carbons (Fsp3) is 0.500. The van der Waals surface area contributed by atoms with Crippen molar-refractivity contribution < 1.29 is 19.1 Å². The highest BCUT2D eigenvalue weighted by atomic mass is 16.5. The van der Waals surface area contributed by atoms with Crippen LogP contribution in [0, 0.1) is 5.92 Å². The van der Waals surface area contributed by atoms with Crippen LogP contribution >= 0.6 is 0 Å². The van der Waals surface area contributed by atoms with Gasteiger partial charge in [0.1, 0.15) is 11.9 Å². The molecule has 0 radical (unpaired) electrons. The molecule has 0 unspecified atom stereocenters. The molecule has 1 fully saturated rings. The number of nitrogens with one attached hydrogen (secondary N) is 2. The smallest absolute Gasteiger partial charge is 0.338 e. The topological polar surface area (TPSA) is 76.7 Å². The van der Waals surface area contributed by atoms with Crippen LogP contribution in [0.2, 0.25) is 0 Å². The second-order valence-corrected chi connectivity index (χ2v) is 7.10. The van der Waals surface area contributed by atoms with Gasteiger partial charge in [-0.15, -0.1) is 0 Å². The van der Waals surface area contributed by atoms with Crippen LogP contribution in [-0.2, 0) is 9.53 Å². The zero-order valence-electron chi connectivity index (χ0n) is 15.5. The number of carbonyl (C=O) groups is 2. The Morgan fingerprint density at radius 1 is 1.15 bits per heavy atom. The van der Waals surface area contributed by atoms with Gasteiger partial charge in [0, 0.05) is 11.3 Å². The van der Waals surface area contributed by atoms with Gasteiger partial charge in [-0.3, -0.25) is 0 Å². The standard InChI is InChI=1S/C20H26N2O4/c1-12-8-10-14(11-9-12)26-19(23)17-13(2)21-20(24)22-18(17)15-6-4-5-7-16(15)25-3/h4-7,12,14,18H,8-11H2,1-3H3,(H2,21,22,24)/t12?,14?,18-/m1/s1. The minimum absolute atomic E-state index is 0.0602. The zero-order chi connectivity index (χ0) is 18.7. The molecule has 6 nitrogen and oxygen atoms in total. The average Bonchev–Trinajstić information content (AvgIpc) is 2.62. The molecule has 1 atom stereocenters. The van der Waals surface area contributed by atoms with Crippen LogP contribution in [0.1, 0.15) is 51.1 Å². The molecular weight excluding hydrogens is 332 g/mol. The molecule has 3 rings (SSSR count). The summed E-state index contributed by atoms with van der Waals surface area (Å²) in [5.74, 6) is 0.914. The largest absolute Gasteiger partial charge is 0.496 e. The number of rotatable bonds is 4. The van der Waals surface area contributed by atoms with Crippen molar-refractivity contribution in [3.8, 4) is 5.75 Å². The second-order valence-electron chi connectivity index (χ2n) is 7.10. The third-order valence-corrected chi connectivity index (χ3v) is 5.18. The highest BCUT2D eigenvalue weighted by Gasteiger charge is 2.35. The van der Waals surface area contributed by atoms with Gasteiger partial charge in [-0.1, -0.05) is 25.1 Å². The van der Waals surface area contributed by atoms with E-state index in [0.29, 0.717) is 22.9 Å². The number of methoxy groups -OCH3 is 1. The molecule has 2 amide bonds. The second kappa shape index (κ2) is 7.81. The maximum atomic E-state index is 12.9. The van der Waals surface area contributed by atoms with E-state index >= 15 is 0 Å². The Morgan fingerprint density at radius 3 is 2.54 bits per heavy atom. The van der Waals surface area contributed by atoms with Crippen LogP contribution in [0.15, 0.2) is 35.5 Å². The van der Waals surface area contributed by atoms with Crippen LogP contribution in [-0.4, -0.2) is 25.2 Å². The number of para-hydroxylation sites is 1. The molecule has 26 heavy (non-hydrogen) atoms. The molecule has 1 aliphatic heterocycles. The van der Waals surface area contributed by atoms with Crippen molar-refractivity contribution in [2.75, 3.05) is 7.11 Å². The Labute approximate surface area is 153 Å². The van der Waals surface area contributed by atoms with E-state index in [0.717, 1.165) is 31.2 Å². The average molecular weight is 358 g/mol. The molecule has 0 spiro atoms. The van der Waals surface area contributed by atoms with Crippen LogP contribution in [0.5, 0.6) is 5.75 Å². The van der Waals surface area contributed by atoms with E-state index in [1.54, 1.807) is 14.0 Å². The van der Waals surface area contributed by atoms with E-state index in [9.17, 15) is 9.59 Å². The predicted octanol–water partition coefficient (Wildman–Crippen LogP) is 3.45. The highest BCUT2D eigenvalue weighted by Crippen LogP contribution is 2.34. The monoisotopic (exact) mass is 358 g/mol. The molecule has 2 aliphatic rings. The summed E-state index contributed by atoms with van der Waals surface area (Å²) < 4.78 is 11.2. The Kier molecular flexibility index (Phi) is 5.49. The molecule has 0 bridgehead atoms. The van der Waals surface area contributed by atoms with E-state index in [1.807, 2.05) is 24.3 Å². The van der Waals surface area contributed by atoms with E-state index in [4.69, 9.17) is 9.47 Å². The van der Waals surface area contributed by atoms with E-state index in [2.05, 4.69) is 17.6 Å². The van der Waals surface area contributed by atoms with Gasteiger partial charge in [0.25, 0.3) is 0 Å². The number of esters is 1. The van der Waals surface area contributed by atoms with Gasteiger partial charge in [-0.05, 0) is 44.6 Å². The molecule has 2 N–H and O–H groups in total. The van der Waals surface area contributed by atoms with E-state index < -0.39 is 6.04 Å². The summed E-state index contributed by atoms with van der Waals surface area (Å²) in [7, 11) is 1.57. The van der Waals surface area contributed by atoms with Gasteiger partial charge in [0.2, 0.25) is 0 Å². The van der Waals surface area contributed by atoms with Crippen LogP contribution in [0.4, 0.5) is 4.79 Å². The maximum absolute atomic E-state index is 12.9. The molecule has 1 aliphatic carbocycles. The molecule has 0 saturated heterocycles. The Morgan fingerprint density at radius 2 is 1.85 bits per heavy atom. The maximum Gasteiger partial charge on any atom is 0.338 e. The van der Waals surface area contributed by atoms with Gasteiger partial charge in [0.15, 0.2) is 0 Å². The van der Waals surface area contributed by atoms with Gasteiger partial charge < -0.3 is 20.1 Å². The number of amides is 2. The lowest BCUT2D eigenvalue weighted by molar-refractivity contribution is -0.146. The lowest BCUT2D eigenvalue weighted by Crippen LogP contribution is -2.45. The van der Waals surface area contributed by atoms with Crippen LogP contribution in [0.3, 0.4) is 0 Å². The molecular formula is C20H26N2O4. The molecule has 1 aromatic rings. The summed E-state index contributed by atoms with van der Waals surface area (Å²) in [6.45, 7) is 3.95. The van der Waals surface area contributed by atoms with Crippen molar-refractivity contribution in [2.45, 2.75) is 51.7 Å². The first-order chi connectivity index (χ1) is 12.5. The molecule has 1 saturated carbocycles. The Bertz CT molecular complexity index is 720. The first kappa shape index (κ1) is 18.3. The third kappa shape index (κ3) is 3.84. The minimum atomic E-state index is -0.602. The Hall–Kier alpha value is -2.50. The molecule has 0 aromatic heterocycles. The van der Waals surface area contributed by atoms with Gasteiger partial charge in [0.05, 0.1) is 18.7 Å². The molecule has 140 valence electrons. The summed E-state index contributed by atoms with van der Waals surface area (Å²) in [5, 5.41) is 5.50. The van der Waals surface area contributed by atoms with Crippen molar-refractivity contribution in [3.63, 3.8) is 0 Å². The fourth-order valence-electron chi connectivity index (χ4n) is 3.66. The lowest BCUT2D eigenvalue weighted by atomic mass is 9.88. The summed E-state index contributed by atoms with van der Waals surface area (Å²) >= 11 is 0. The van der Waals surface area contributed by atoms with Crippen LogP contribution < -0.4 is 15.4 Å². The molecule has 1 aromatic carbocycles.